The molecule has 0 amide bonds. The minimum atomic E-state index is -4.63. The van der Waals surface area contributed by atoms with Crippen molar-refractivity contribution < 1.29 is 40.8 Å². The molecule has 1 aliphatic rings. The lowest BCUT2D eigenvalue weighted by molar-refractivity contribution is -0.138. The molecule has 1 unspecified atom stereocenters. The molecule has 1 atom stereocenters. The van der Waals surface area contributed by atoms with E-state index >= 15 is 0 Å². The van der Waals surface area contributed by atoms with Crippen molar-refractivity contribution in [3.63, 3.8) is 0 Å². The van der Waals surface area contributed by atoms with E-state index in [9.17, 15) is 22.5 Å². The average molecular weight is 442 g/mol. The lowest BCUT2D eigenvalue weighted by Gasteiger charge is -2.21. The van der Waals surface area contributed by atoms with Crippen LogP contribution in [0.1, 0.15) is 27.9 Å². The van der Waals surface area contributed by atoms with Gasteiger partial charge in [-0.25, -0.2) is 4.57 Å². The zero-order chi connectivity index (χ0) is 21.9. The van der Waals surface area contributed by atoms with Crippen LogP contribution < -0.4 is 13.8 Å². The van der Waals surface area contributed by atoms with Crippen molar-refractivity contribution in [3.05, 3.63) is 65.7 Å². The van der Waals surface area contributed by atoms with Crippen LogP contribution in [0.5, 0.6) is 17.2 Å². The third-order valence-corrected chi connectivity index (χ3v) is 5.61. The molecule has 0 N–H and O–H groups in total. The Labute approximate surface area is 170 Å². The number of carbonyl (C=O) groups excluding carboxylic acids is 1. The Morgan fingerprint density at radius 3 is 2.37 bits per heavy atom. The largest absolute Gasteiger partial charge is 0.588 e. The molecule has 6 nitrogen and oxygen atoms in total. The lowest BCUT2D eigenvalue weighted by Crippen LogP contribution is -2.12. The molecule has 0 fully saturated rings. The van der Waals surface area contributed by atoms with Crippen molar-refractivity contribution in [2.45, 2.75) is 19.0 Å². The highest BCUT2D eigenvalue weighted by atomic mass is 31.2. The summed E-state index contributed by atoms with van der Waals surface area (Å²) >= 11 is 0. The zero-order valence-corrected chi connectivity index (χ0v) is 16.8. The number of alkyl halides is 3. The quantitative estimate of drug-likeness (QED) is 0.391. The van der Waals surface area contributed by atoms with Crippen molar-refractivity contribution in [1.29, 1.82) is 0 Å². The van der Waals surface area contributed by atoms with Gasteiger partial charge in [0, 0.05) is 6.42 Å². The number of Topliss-reactive ketones (excluding diaryl/α,β-unsaturated/α-hetero) is 1. The summed E-state index contributed by atoms with van der Waals surface area (Å²) in [4.78, 5) is 12.3. The van der Waals surface area contributed by atoms with Crippen molar-refractivity contribution >= 4 is 13.6 Å². The first-order chi connectivity index (χ1) is 14.2. The molecule has 30 heavy (non-hydrogen) atoms. The molecule has 1 aliphatic carbocycles. The second-order valence-corrected chi connectivity index (χ2v) is 7.77. The van der Waals surface area contributed by atoms with Gasteiger partial charge in [0.05, 0.1) is 24.8 Å². The lowest BCUT2D eigenvalue weighted by atomic mass is 10.0. The summed E-state index contributed by atoms with van der Waals surface area (Å²) in [6.07, 6.45) is -3.54. The Hall–Kier alpha value is -2.77. The van der Waals surface area contributed by atoms with Gasteiger partial charge in [-0.1, -0.05) is 18.2 Å². The van der Waals surface area contributed by atoms with Crippen LogP contribution in [-0.2, 0) is 21.7 Å². The Kier molecular flexibility index (Phi) is 6.24. The third kappa shape index (κ3) is 4.52. The van der Waals surface area contributed by atoms with Gasteiger partial charge in [0.15, 0.2) is 17.3 Å². The number of methoxy groups -OCH3 is 1. The van der Waals surface area contributed by atoms with Gasteiger partial charge in [-0.15, -0.1) is 6.58 Å². The van der Waals surface area contributed by atoms with Gasteiger partial charge in [-0.3, -0.25) is 9.32 Å². The molecule has 2 aromatic carbocycles. The molecule has 3 rings (SSSR count). The van der Waals surface area contributed by atoms with Crippen LogP contribution >= 0.6 is 7.82 Å². The predicted molar refractivity (Wildman–Crippen MR) is 102 cm³/mol. The number of benzene rings is 2. The fourth-order valence-corrected chi connectivity index (χ4v) is 4.26. The SMILES string of the molecule is C=CCOP(=O)(Oc1ccccc1OC)Oc1ccc(C(F)(F)F)c2c1C(=O)CC2. The number of carbonyl (C=O) groups is 1. The Balaban J connectivity index is 2.02. The van der Waals surface area contributed by atoms with Crippen LogP contribution in [0.25, 0.3) is 0 Å². The van der Waals surface area contributed by atoms with Crippen molar-refractivity contribution in [2.24, 2.45) is 0 Å². The topological polar surface area (TPSA) is 71.1 Å². The molecule has 0 aromatic heterocycles. The second kappa shape index (κ2) is 8.53. The number of ether oxygens (including phenoxy) is 1. The highest BCUT2D eigenvalue weighted by Crippen LogP contribution is 2.53. The Morgan fingerprint density at radius 1 is 1.07 bits per heavy atom. The van der Waals surface area contributed by atoms with Crippen molar-refractivity contribution in [1.82, 2.24) is 0 Å². The Morgan fingerprint density at radius 2 is 1.73 bits per heavy atom. The first-order valence-electron chi connectivity index (χ1n) is 8.82. The molecule has 0 saturated carbocycles. The zero-order valence-electron chi connectivity index (χ0n) is 15.9. The molecule has 0 aliphatic heterocycles. The standard InChI is InChI=1S/C20H18F3O6P/c1-3-12-27-30(25,28-17-7-5-4-6-16(17)26-2)29-18-11-9-14(20(21,22)23)13-8-10-15(24)19(13)18/h3-7,9,11H,1,8,10,12H2,2H3. The first-order valence-corrected chi connectivity index (χ1v) is 10.3. The number of rotatable bonds is 8. The van der Waals surface area contributed by atoms with Gasteiger partial charge in [-0.05, 0) is 36.2 Å². The van der Waals surface area contributed by atoms with Gasteiger partial charge in [0.1, 0.15) is 5.75 Å². The molecule has 0 heterocycles. The number of para-hydroxylation sites is 2. The first kappa shape index (κ1) is 21.9. The second-order valence-electron chi connectivity index (χ2n) is 6.25. The predicted octanol–water partition coefficient (Wildman–Crippen LogP) is 5.61. The van der Waals surface area contributed by atoms with Crippen molar-refractivity contribution in [3.8, 4) is 17.2 Å². The van der Waals surface area contributed by atoms with Crippen LogP contribution in [0, 0.1) is 0 Å². The van der Waals surface area contributed by atoms with Crippen LogP contribution in [0.15, 0.2) is 49.1 Å². The molecule has 0 saturated heterocycles. The molecule has 0 spiro atoms. The molecular weight excluding hydrogens is 424 g/mol. The minimum absolute atomic E-state index is 0.0299. The number of phosphoric acid groups is 1. The van der Waals surface area contributed by atoms with E-state index in [2.05, 4.69) is 6.58 Å². The summed E-state index contributed by atoms with van der Waals surface area (Å²) in [6.45, 7) is 3.23. The fraction of sp³-hybridized carbons (Fsp3) is 0.250. The maximum Gasteiger partial charge on any atom is 0.588 e. The number of halogens is 3. The summed E-state index contributed by atoms with van der Waals surface area (Å²) in [5.41, 5.74) is -1.39. The fourth-order valence-electron chi connectivity index (χ4n) is 3.05. The number of ketones is 1. The molecule has 10 heteroatoms. The summed E-state index contributed by atoms with van der Waals surface area (Å²) in [5.74, 6) is -0.582. The summed E-state index contributed by atoms with van der Waals surface area (Å²) < 4.78 is 74.3. The number of phosphoric ester groups is 1. The van der Waals surface area contributed by atoms with Gasteiger partial charge in [-0.2, -0.15) is 13.2 Å². The highest BCUT2D eigenvalue weighted by Gasteiger charge is 2.40. The molecular formula is C20H18F3O6P. The average Bonchev–Trinajstić information content (AvgIpc) is 3.08. The summed E-state index contributed by atoms with van der Waals surface area (Å²) in [5, 5.41) is 0. The highest BCUT2D eigenvalue weighted by molar-refractivity contribution is 7.49. The van der Waals surface area contributed by atoms with Crippen LogP contribution in [0.3, 0.4) is 0 Å². The molecule has 0 bridgehead atoms. The minimum Gasteiger partial charge on any atom is -0.493 e. The van der Waals surface area contributed by atoms with E-state index < -0.39 is 25.3 Å². The monoisotopic (exact) mass is 442 g/mol. The smallest absolute Gasteiger partial charge is 0.493 e. The third-order valence-electron chi connectivity index (χ3n) is 4.30. The van der Waals surface area contributed by atoms with Gasteiger partial charge in [0.2, 0.25) is 0 Å². The molecule has 2 aromatic rings. The van der Waals surface area contributed by atoms with Gasteiger partial charge < -0.3 is 13.8 Å². The van der Waals surface area contributed by atoms with Gasteiger partial charge >= 0.3 is 14.0 Å². The van der Waals surface area contributed by atoms with E-state index in [0.717, 1.165) is 12.1 Å². The number of hydrogen-bond donors (Lipinski definition) is 0. The van der Waals surface area contributed by atoms with E-state index in [4.69, 9.17) is 18.3 Å². The van der Waals surface area contributed by atoms with E-state index in [1.54, 1.807) is 18.2 Å². The van der Waals surface area contributed by atoms with Gasteiger partial charge in [0.25, 0.3) is 0 Å². The summed E-state index contributed by atoms with van der Waals surface area (Å²) in [6, 6.07) is 7.98. The Bertz CT molecular complexity index is 1020. The summed E-state index contributed by atoms with van der Waals surface area (Å²) in [7, 11) is -3.04. The van der Waals surface area contributed by atoms with Crippen molar-refractivity contribution in [2.75, 3.05) is 13.7 Å². The number of fused-ring (bicyclic) bond motifs is 1. The van der Waals surface area contributed by atoms with E-state index in [0.29, 0.717) is 0 Å². The van der Waals surface area contributed by atoms with E-state index in [-0.39, 0.29) is 47.8 Å². The number of hydrogen-bond acceptors (Lipinski definition) is 6. The van der Waals surface area contributed by atoms with Crippen LogP contribution in [0.2, 0.25) is 0 Å². The molecule has 0 radical (unpaired) electrons. The maximum absolute atomic E-state index is 13.3. The van der Waals surface area contributed by atoms with Crippen LogP contribution in [0.4, 0.5) is 13.2 Å². The maximum atomic E-state index is 13.3. The van der Waals surface area contributed by atoms with Crippen LogP contribution in [-0.4, -0.2) is 19.5 Å². The van der Waals surface area contributed by atoms with E-state index in [1.807, 2.05) is 0 Å². The molecule has 160 valence electrons. The normalized spacial score (nSPS) is 15.3. The van der Waals surface area contributed by atoms with E-state index in [1.165, 1.54) is 19.3 Å².